The van der Waals surface area contributed by atoms with Crippen molar-refractivity contribution < 1.29 is 0 Å². The molecule has 0 radical (unpaired) electrons. The predicted molar refractivity (Wildman–Crippen MR) is 78.5 cm³/mol. The first-order valence-electron chi connectivity index (χ1n) is 6.41. The Bertz CT molecular complexity index is 551. The van der Waals surface area contributed by atoms with Gasteiger partial charge in [0.15, 0.2) is 0 Å². The molecule has 94 valence electrons. The van der Waals surface area contributed by atoms with Gasteiger partial charge in [-0.05, 0) is 30.7 Å². The highest BCUT2D eigenvalue weighted by Gasteiger charge is 2.04. The smallest absolute Gasteiger partial charge is 0.0707 e. The first kappa shape index (κ1) is 12.8. The van der Waals surface area contributed by atoms with Gasteiger partial charge in [0.1, 0.15) is 0 Å². The highest BCUT2D eigenvalue weighted by atomic mass is 14.8. The fourth-order valence-electron chi connectivity index (χ4n) is 2.07. The van der Waals surface area contributed by atoms with E-state index < -0.39 is 0 Å². The van der Waals surface area contributed by atoms with Gasteiger partial charge in [-0.15, -0.1) is 0 Å². The van der Waals surface area contributed by atoms with Crippen molar-refractivity contribution in [3.05, 3.63) is 47.7 Å². The monoisotopic (exact) mass is 240 g/mol. The minimum Gasteiger partial charge on any atom is -0.316 e. The van der Waals surface area contributed by atoms with Gasteiger partial charge in [0.05, 0.1) is 5.52 Å². The van der Waals surface area contributed by atoms with Crippen molar-refractivity contribution in [3.8, 4) is 0 Å². The number of likely N-dealkylation sites (N-methyl/N-ethyl adjacent to an activating group) is 1. The molecule has 0 unspecified atom stereocenters. The van der Waals surface area contributed by atoms with E-state index in [-0.39, 0.29) is 0 Å². The summed E-state index contributed by atoms with van der Waals surface area (Å²) < 4.78 is 0. The van der Waals surface area contributed by atoms with E-state index in [4.69, 9.17) is 0 Å². The number of hydrogen-bond donors (Lipinski definition) is 1. The van der Waals surface area contributed by atoms with Crippen molar-refractivity contribution in [2.24, 2.45) is 5.92 Å². The Labute approximate surface area is 109 Å². The van der Waals surface area contributed by atoms with Crippen LogP contribution in [0.4, 0.5) is 0 Å². The van der Waals surface area contributed by atoms with Gasteiger partial charge in [0.2, 0.25) is 0 Å². The SMILES string of the molecule is CNCC(=Cc1ccnc2ccccc12)C(C)C. The van der Waals surface area contributed by atoms with Gasteiger partial charge >= 0.3 is 0 Å². The van der Waals surface area contributed by atoms with E-state index in [0.717, 1.165) is 12.1 Å². The maximum atomic E-state index is 4.40. The fraction of sp³-hybridized carbons (Fsp3) is 0.312. The van der Waals surface area contributed by atoms with Crippen LogP contribution in [0.15, 0.2) is 42.1 Å². The van der Waals surface area contributed by atoms with E-state index >= 15 is 0 Å². The average molecular weight is 240 g/mol. The summed E-state index contributed by atoms with van der Waals surface area (Å²) in [6, 6.07) is 10.4. The quantitative estimate of drug-likeness (QED) is 0.884. The number of para-hydroxylation sites is 1. The molecular formula is C16H20N2. The van der Waals surface area contributed by atoms with E-state index in [1.807, 2.05) is 19.3 Å². The molecule has 2 rings (SSSR count). The minimum absolute atomic E-state index is 0.546. The third-order valence-corrected chi connectivity index (χ3v) is 3.15. The molecule has 0 saturated heterocycles. The van der Waals surface area contributed by atoms with Crippen molar-refractivity contribution in [3.63, 3.8) is 0 Å². The van der Waals surface area contributed by atoms with Gasteiger partial charge in [-0.3, -0.25) is 4.98 Å². The summed E-state index contributed by atoms with van der Waals surface area (Å²) in [5.41, 5.74) is 3.72. The van der Waals surface area contributed by atoms with Crippen LogP contribution >= 0.6 is 0 Å². The highest BCUT2D eigenvalue weighted by molar-refractivity contribution is 5.87. The number of nitrogens with zero attached hydrogens (tertiary/aromatic N) is 1. The van der Waals surface area contributed by atoms with Crippen LogP contribution in [0.2, 0.25) is 0 Å². The van der Waals surface area contributed by atoms with Gasteiger partial charge in [-0.1, -0.05) is 43.7 Å². The largest absolute Gasteiger partial charge is 0.316 e. The molecule has 1 aromatic heterocycles. The molecule has 1 heterocycles. The lowest BCUT2D eigenvalue weighted by Crippen LogP contribution is -2.13. The molecule has 0 aliphatic heterocycles. The van der Waals surface area contributed by atoms with Crippen LogP contribution in [0.5, 0.6) is 0 Å². The van der Waals surface area contributed by atoms with Crippen LogP contribution in [-0.4, -0.2) is 18.6 Å². The molecule has 0 bridgehead atoms. The first-order chi connectivity index (χ1) is 8.72. The zero-order chi connectivity index (χ0) is 13.0. The summed E-state index contributed by atoms with van der Waals surface area (Å²) in [5, 5.41) is 4.45. The van der Waals surface area contributed by atoms with Crippen LogP contribution in [0.3, 0.4) is 0 Å². The van der Waals surface area contributed by atoms with Gasteiger partial charge in [0, 0.05) is 18.1 Å². The van der Waals surface area contributed by atoms with Gasteiger partial charge in [-0.25, -0.2) is 0 Å². The lowest BCUT2D eigenvalue weighted by atomic mass is 9.99. The van der Waals surface area contributed by atoms with Crippen LogP contribution < -0.4 is 5.32 Å². The van der Waals surface area contributed by atoms with E-state index in [0.29, 0.717) is 5.92 Å². The Morgan fingerprint density at radius 3 is 2.78 bits per heavy atom. The van der Waals surface area contributed by atoms with E-state index in [1.165, 1.54) is 16.5 Å². The van der Waals surface area contributed by atoms with Crippen LogP contribution in [0.25, 0.3) is 17.0 Å². The highest BCUT2D eigenvalue weighted by Crippen LogP contribution is 2.21. The number of rotatable bonds is 4. The second kappa shape index (κ2) is 5.78. The van der Waals surface area contributed by atoms with Crippen molar-refractivity contribution in [1.29, 1.82) is 0 Å². The summed E-state index contributed by atoms with van der Waals surface area (Å²) in [5.74, 6) is 0.546. The first-order valence-corrected chi connectivity index (χ1v) is 6.41. The van der Waals surface area contributed by atoms with Gasteiger partial charge in [0.25, 0.3) is 0 Å². The van der Waals surface area contributed by atoms with Crippen molar-refractivity contribution in [2.45, 2.75) is 13.8 Å². The molecule has 0 aliphatic rings. The number of fused-ring (bicyclic) bond motifs is 1. The Morgan fingerprint density at radius 1 is 1.28 bits per heavy atom. The molecule has 0 amide bonds. The van der Waals surface area contributed by atoms with Crippen LogP contribution in [0.1, 0.15) is 19.4 Å². The molecule has 0 saturated carbocycles. The Balaban J connectivity index is 2.50. The molecule has 2 nitrogen and oxygen atoms in total. The van der Waals surface area contributed by atoms with Crippen molar-refractivity contribution in [2.75, 3.05) is 13.6 Å². The van der Waals surface area contributed by atoms with Crippen LogP contribution in [0, 0.1) is 5.92 Å². The average Bonchev–Trinajstić information content (AvgIpc) is 2.38. The third kappa shape index (κ3) is 2.77. The maximum Gasteiger partial charge on any atom is 0.0707 e. The summed E-state index contributed by atoms with van der Waals surface area (Å²) in [6.07, 6.45) is 4.16. The second-order valence-corrected chi connectivity index (χ2v) is 4.82. The van der Waals surface area contributed by atoms with E-state index in [9.17, 15) is 0 Å². The number of pyridine rings is 1. The molecule has 2 heteroatoms. The zero-order valence-corrected chi connectivity index (χ0v) is 11.3. The number of aromatic nitrogens is 1. The van der Waals surface area contributed by atoms with Crippen molar-refractivity contribution in [1.82, 2.24) is 10.3 Å². The lowest BCUT2D eigenvalue weighted by molar-refractivity contribution is 0.713. The summed E-state index contributed by atoms with van der Waals surface area (Å²) in [6.45, 7) is 5.38. The molecule has 0 aliphatic carbocycles. The van der Waals surface area contributed by atoms with E-state index in [1.54, 1.807) is 0 Å². The summed E-state index contributed by atoms with van der Waals surface area (Å²) in [7, 11) is 1.99. The Hall–Kier alpha value is -1.67. The Morgan fingerprint density at radius 2 is 2.06 bits per heavy atom. The molecule has 1 N–H and O–H groups in total. The minimum atomic E-state index is 0.546. The van der Waals surface area contributed by atoms with Gasteiger partial charge < -0.3 is 5.32 Å². The van der Waals surface area contributed by atoms with Gasteiger partial charge in [-0.2, -0.15) is 0 Å². The lowest BCUT2D eigenvalue weighted by Gasteiger charge is -2.11. The van der Waals surface area contributed by atoms with Crippen LogP contribution in [-0.2, 0) is 0 Å². The molecule has 0 spiro atoms. The standard InChI is InChI=1S/C16H20N2/c1-12(2)14(11-17-3)10-13-8-9-18-16-7-5-4-6-15(13)16/h4-10,12,17H,11H2,1-3H3. The van der Waals surface area contributed by atoms with Crippen molar-refractivity contribution >= 4 is 17.0 Å². The fourth-order valence-corrected chi connectivity index (χ4v) is 2.07. The summed E-state index contributed by atoms with van der Waals surface area (Å²) in [4.78, 5) is 4.40. The topological polar surface area (TPSA) is 24.9 Å². The molecule has 1 aromatic carbocycles. The molecular weight excluding hydrogens is 220 g/mol. The second-order valence-electron chi connectivity index (χ2n) is 4.82. The zero-order valence-electron chi connectivity index (χ0n) is 11.3. The summed E-state index contributed by atoms with van der Waals surface area (Å²) >= 11 is 0. The molecule has 18 heavy (non-hydrogen) atoms. The number of hydrogen-bond acceptors (Lipinski definition) is 2. The third-order valence-electron chi connectivity index (χ3n) is 3.15. The number of benzene rings is 1. The Kier molecular flexibility index (Phi) is 4.11. The number of nitrogens with one attached hydrogen (secondary N) is 1. The molecule has 0 atom stereocenters. The molecule has 2 aromatic rings. The maximum absolute atomic E-state index is 4.40. The molecule has 0 fully saturated rings. The van der Waals surface area contributed by atoms with E-state index in [2.05, 4.69) is 54.5 Å². The predicted octanol–water partition coefficient (Wildman–Crippen LogP) is 3.49. The normalized spacial score (nSPS) is 12.3.